The van der Waals surface area contributed by atoms with E-state index in [1.54, 1.807) is 0 Å². The molecule has 3 nitrogen and oxygen atoms in total. The van der Waals surface area contributed by atoms with Crippen molar-refractivity contribution in [3.05, 3.63) is 22.4 Å². The summed E-state index contributed by atoms with van der Waals surface area (Å²) in [5.74, 6) is 0. The summed E-state index contributed by atoms with van der Waals surface area (Å²) >= 11 is 1.84. The summed E-state index contributed by atoms with van der Waals surface area (Å²) in [4.78, 5) is 3.73. The van der Waals surface area contributed by atoms with E-state index < -0.39 is 0 Å². The van der Waals surface area contributed by atoms with Gasteiger partial charge in [-0.25, -0.2) is 0 Å². The molecular formula is C15H26N2OS. The van der Waals surface area contributed by atoms with Crippen LogP contribution in [0.25, 0.3) is 0 Å². The van der Waals surface area contributed by atoms with Crippen molar-refractivity contribution >= 4 is 11.3 Å². The molecule has 19 heavy (non-hydrogen) atoms. The fourth-order valence-corrected chi connectivity index (χ4v) is 3.82. The number of nitrogens with zero attached hydrogens (tertiary/aromatic N) is 1. The van der Waals surface area contributed by atoms with Crippen molar-refractivity contribution in [2.45, 2.75) is 43.9 Å². The van der Waals surface area contributed by atoms with Gasteiger partial charge in [-0.1, -0.05) is 18.9 Å². The molecular weight excluding hydrogens is 256 g/mol. The summed E-state index contributed by atoms with van der Waals surface area (Å²) in [6, 6.07) is 5.33. The molecule has 0 aliphatic heterocycles. The number of nitrogens with one attached hydrogen (secondary N) is 1. The van der Waals surface area contributed by atoms with Gasteiger partial charge in [0.1, 0.15) is 0 Å². The average molecular weight is 282 g/mol. The Labute approximate surface area is 121 Å². The Kier molecular flexibility index (Phi) is 5.82. The first-order valence-electron chi connectivity index (χ1n) is 7.18. The van der Waals surface area contributed by atoms with Gasteiger partial charge in [0.25, 0.3) is 0 Å². The topological polar surface area (TPSA) is 24.5 Å². The van der Waals surface area contributed by atoms with Gasteiger partial charge in [-0.05, 0) is 38.4 Å². The van der Waals surface area contributed by atoms with E-state index in [0.29, 0.717) is 18.2 Å². The third-order valence-electron chi connectivity index (χ3n) is 4.07. The van der Waals surface area contributed by atoms with Crippen LogP contribution in [0.1, 0.15) is 36.6 Å². The normalized spacial score (nSPS) is 25.7. The summed E-state index contributed by atoms with van der Waals surface area (Å²) < 4.78 is 5.61. The maximum Gasteiger partial charge on any atom is 0.0724 e. The molecule has 0 saturated heterocycles. The molecule has 1 aliphatic rings. The van der Waals surface area contributed by atoms with Crippen LogP contribution in [0, 0.1) is 0 Å². The zero-order valence-corrected chi connectivity index (χ0v) is 13.1. The summed E-state index contributed by atoms with van der Waals surface area (Å²) in [5.41, 5.74) is 0. The van der Waals surface area contributed by atoms with Crippen LogP contribution in [0.4, 0.5) is 0 Å². The van der Waals surface area contributed by atoms with E-state index in [4.69, 9.17) is 4.74 Å². The van der Waals surface area contributed by atoms with Crippen LogP contribution in [-0.2, 0) is 4.74 Å². The Hall–Kier alpha value is -0.420. The lowest BCUT2D eigenvalue weighted by Crippen LogP contribution is -2.45. The zero-order chi connectivity index (χ0) is 13.7. The Balaban J connectivity index is 1.91. The SMILES string of the molecule is COC1CCCCC1NCC(c1cccs1)N(C)C. The highest BCUT2D eigenvalue weighted by molar-refractivity contribution is 7.10. The lowest BCUT2D eigenvalue weighted by Gasteiger charge is -2.33. The predicted octanol–water partition coefficient (Wildman–Crippen LogP) is 2.90. The second-order valence-electron chi connectivity index (χ2n) is 5.57. The molecule has 1 N–H and O–H groups in total. The molecule has 1 aliphatic carbocycles. The van der Waals surface area contributed by atoms with Crippen LogP contribution in [0.2, 0.25) is 0 Å². The van der Waals surface area contributed by atoms with Crippen molar-refractivity contribution in [3.8, 4) is 0 Å². The van der Waals surface area contributed by atoms with Gasteiger partial charge in [0.2, 0.25) is 0 Å². The standard InChI is InChI=1S/C15H26N2OS/c1-17(2)13(15-9-6-10-19-15)11-16-12-7-4-5-8-14(12)18-3/h6,9-10,12-14,16H,4-5,7-8,11H2,1-3H3. The molecule has 0 amide bonds. The van der Waals surface area contributed by atoms with Crippen LogP contribution in [0.15, 0.2) is 17.5 Å². The molecule has 2 rings (SSSR count). The predicted molar refractivity (Wildman–Crippen MR) is 81.8 cm³/mol. The monoisotopic (exact) mass is 282 g/mol. The molecule has 1 fully saturated rings. The number of methoxy groups -OCH3 is 1. The lowest BCUT2D eigenvalue weighted by atomic mass is 9.92. The van der Waals surface area contributed by atoms with Gasteiger partial charge in [0, 0.05) is 24.6 Å². The minimum absolute atomic E-state index is 0.389. The zero-order valence-electron chi connectivity index (χ0n) is 12.3. The van der Waals surface area contributed by atoms with Crippen LogP contribution in [0.3, 0.4) is 0 Å². The van der Waals surface area contributed by atoms with Crippen molar-refractivity contribution in [2.75, 3.05) is 27.7 Å². The van der Waals surface area contributed by atoms with Gasteiger partial charge >= 0.3 is 0 Å². The van der Waals surface area contributed by atoms with Gasteiger partial charge in [-0.3, -0.25) is 0 Å². The molecule has 0 spiro atoms. The van der Waals surface area contributed by atoms with Crippen LogP contribution in [-0.4, -0.2) is 44.8 Å². The molecule has 1 aromatic rings. The van der Waals surface area contributed by atoms with E-state index in [0.717, 1.165) is 6.54 Å². The van der Waals surface area contributed by atoms with Gasteiger partial charge in [-0.2, -0.15) is 0 Å². The third kappa shape index (κ3) is 4.02. The number of ether oxygens (including phenoxy) is 1. The van der Waals surface area contributed by atoms with E-state index in [-0.39, 0.29) is 0 Å². The van der Waals surface area contributed by atoms with Crippen molar-refractivity contribution in [1.29, 1.82) is 0 Å². The highest BCUT2D eigenvalue weighted by Gasteiger charge is 2.26. The van der Waals surface area contributed by atoms with Gasteiger partial charge in [0.15, 0.2) is 0 Å². The highest BCUT2D eigenvalue weighted by atomic mass is 32.1. The second kappa shape index (κ2) is 7.39. The van der Waals surface area contributed by atoms with Crippen LogP contribution >= 0.6 is 11.3 Å². The number of thiophene rings is 1. The third-order valence-corrected chi connectivity index (χ3v) is 5.05. The number of rotatable bonds is 6. The molecule has 108 valence electrons. The Morgan fingerprint density at radius 3 is 2.84 bits per heavy atom. The van der Waals surface area contributed by atoms with Gasteiger partial charge < -0.3 is 15.0 Å². The van der Waals surface area contributed by atoms with Crippen LogP contribution in [0.5, 0.6) is 0 Å². The smallest absolute Gasteiger partial charge is 0.0724 e. The highest BCUT2D eigenvalue weighted by Crippen LogP contribution is 2.25. The minimum Gasteiger partial charge on any atom is -0.380 e. The van der Waals surface area contributed by atoms with Crippen LogP contribution < -0.4 is 5.32 Å². The fourth-order valence-electron chi connectivity index (χ4n) is 2.89. The number of hydrogen-bond acceptors (Lipinski definition) is 4. The number of hydrogen-bond donors (Lipinski definition) is 1. The summed E-state index contributed by atoms with van der Waals surface area (Å²) in [5, 5.41) is 5.89. The largest absolute Gasteiger partial charge is 0.380 e. The van der Waals surface area contributed by atoms with Crippen molar-refractivity contribution in [1.82, 2.24) is 10.2 Å². The molecule has 3 unspecified atom stereocenters. The van der Waals surface area contributed by atoms with E-state index in [9.17, 15) is 0 Å². The average Bonchev–Trinajstić information content (AvgIpc) is 2.93. The molecule has 0 bridgehead atoms. The first-order valence-corrected chi connectivity index (χ1v) is 8.06. The maximum atomic E-state index is 5.61. The van der Waals surface area contributed by atoms with E-state index in [2.05, 4.69) is 41.8 Å². The van der Waals surface area contributed by atoms with E-state index >= 15 is 0 Å². The van der Waals surface area contributed by atoms with Gasteiger partial charge in [0.05, 0.1) is 12.1 Å². The summed E-state index contributed by atoms with van der Waals surface area (Å²) in [6.07, 6.45) is 5.45. The van der Waals surface area contributed by atoms with Crippen molar-refractivity contribution in [2.24, 2.45) is 0 Å². The Bertz CT molecular complexity index is 353. The number of likely N-dealkylation sites (N-methyl/N-ethyl adjacent to an activating group) is 1. The first kappa shape index (κ1) is 15.0. The summed E-state index contributed by atoms with van der Waals surface area (Å²) in [7, 11) is 6.15. The molecule has 4 heteroatoms. The maximum absolute atomic E-state index is 5.61. The van der Waals surface area contributed by atoms with E-state index in [1.807, 2.05) is 18.4 Å². The second-order valence-corrected chi connectivity index (χ2v) is 6.55. The molecule has 1 heterocycles. The molecule has 0 radical (unpaired) electrons. The van der Waals surface area contributed by atoms with E-state index in [1.165, 1.54) is 30.6 Å². The Morgan fingerprint density at radius 2 is 2.21 bits per heavy atom. The van der Waals surface area contributed by atoms with Gasteiger partial charge in [-0.15, -0.1) is 11.3 Å². The molecule has 1 saturated carbocycles. The van der Waals surface area contributed by atoms with Crippen molar-refractivity contribution < 1.29 is 4.74 Å². The molecule has 0 aromatic carbocycles. The van der Waals surface area contributed by atoms with Crippen molar-refractivity contribution in [3.63, 3.8) is 0 Å². The lowest BCUT2D eigenvalue weighted by molar-refractivity contribution is 0.0397. The quantitative estimate of drug-likeness (QED) is 0.868. The Morgan fingerprint density at radius 1 is 1.42 bits per heavy atom. The minimum atomic E-state index is 0.389. The first-order chi connectivity index (χ1) is 9.22. The summed E-state index contributed by atoms with van der Waals surface area (Å²) in [6.45, 7) is 0.998. The fraction of sp³-hybridized carbons (Fsp3) is 0.733. The molecule has 1 aromatic heterocycles. The molecule has 3 atom stereocenters.